The van der Waals surface area contributed by atoms with Crippen molar-refractivity contribution in [3.8, 4) is 0 Å². The van der Waals surface area contributed by atoms with Crippen molar-refractivity contribution in [2.75, 3.05) is 19.6 Å². The molecule has 1 aliphatic rings. The van der Waals surface area contributed by atoms with Crippen LogP contribution in [0.1, 0.15) is 61.5 Å². The third-order valence-corrected chi connectivity index (χ3v) is 4.67. The minimum absolute atomic E-state index is 0.187. The lowest BCUT2D eigenvalue weighted by Gasteiger charge is -2.13. The molecule has 0 radical (unpaired) electrons. The summed E-state index contributed by atoms with van der Waals surface area (Å²) in [4.78, 5) is 44.5. The lowest BCUT2D eigenvalue weighted by atomic mass is 10.1. The Morgan fingerprint density at radius 3 is 2.67 bits per heavy atom. The first kappa shape index (κ1) is 19.3. The summed E-state index contributed by atoms with van der Waals surface area (Å²) in [5, 5.41) is 6.27. The number of aromatic amines is 1. The summed E-state index contributed by atoms with van der Waals surface area (Å²) in [6, 6.07) is 1.71. The van der Waals surface area contributed by atoms with Crippen LogP contribution in [-0.4, -0.2) is 40.1 Å². The van der Waals surface area contributed by atoms with E-state index in [9.17, 15) is 14.4 Å². The third kappa shape index (κ3) is 4.27. The molecule has 3 N–H and O–H groups in total. The molecule has 1 amide bonds. The van der Waals surface area contributed by atoms with Crippen molar-refractivity contribution in [2.45, 2.75) is 52.0 Å². The zero-order valence-electron chi connectivity index (χ0n) is 15.9. The highest BCUT2D eigenvalue weighted by Crippen LogP contribution is 2.39. The van der Waals surface area contributed by atoms with Gasteiger partial charge < -0.3 is 10.6 Å². The topological polar surface area (TPSA) is 109 Å². The van der Waals surface area contributed by atoms with Gasteiger partial charge in [0.2, 0.25) is 0 Å². The van der Waals surface area contributed by atoms with Gasteiger partial charge in [-0.25, -0.2) is 9.78 Å². The van der Waals surface area contributed by atoms with E-state index in [-0.39, 0.29) is 11.3 Å². The molecule has 0 aromatic carbocycles. The number of nitrogens with zero attached hydrogens (tertiary/aromatic N) is 2. The van der Waals surface area contributed by atoms with Crippen LogP contribution >= 0.6 is 0 Å². The Bertz CT molecular complexity index is 943. The van der Waals surface area contributed by atoms with Crippen LogP contribution in [0.25, 0.3) is 11.0 Å². The van der Waals surface area contributed by atoms with Gasteiger partial charge >= 0.3 is 5.69 Å². The van der Waals surface area contributed by atoms with Crippen molar-refractivity contribution in [1.82, 2.24) is 25.2 Å². The number of aromatic nitrogens is 3. The van der Waals surface area contributed by atoms with Gasteiger partial charge in [0, 0.05) is 31.2 Å². The Labute approximate surface area is 157 Å². The second-order valence-corrected chi connectivity index (χ2v) is 6.98. The number of aryl methyl sites for hydroxylation is 1. The minimum Gasteiger partial charge on any atom is -0.351 e. The molecule has 0 unspecified atom stereocenters. The molecule has 1 fully saturated rings. The first-order chi connectivity index (χ1) is 13.1. The summed E-state index contributed by atoms with van der Waals surface area (Å²) in [5.41, 5.74) is 0.343. The highest BCUT2D eigenvalue weighted by Gasteiger charge is 2.28. The molecular weight excluding hydrogens is 346 g/mol. The Balaban J connectivity index is 2.02. The van der Waals surface area contributed by atoms with E-state index in [0.717, 1.165) is 37.9 Å². The van der Waals surface area contributed by atoms with Gasteiger partial charge in [0.15, 0.2) is 5.65 Å². The number of nitrogens with one attached hydrogen (secondary N) is 3. The largest absolute Gasteiger partial charge is 0.351 e. The molecule has 8 heteroatoms. The molecule has 0 aliphatic heterocycles. The molecule has 1 saturated carbocycles. The van der Waals surface area contributed by atoms with E-state index in [1.54, 1.807) is 6.07 Å². The van der Waals surface area contributed by atoms with Crippen molar-refractivity contribution in [3.05, 3.63) is 38.2 Å². The smallest absolute Gasteiger partial charge is 0.329 e. The molecule has 2 heterocycles. The predicted molar refractivity (Wildman–Crippen MR) is 104 cm³/mol. The first-order valence-electron chi connectivity index (χ1n) is 9.73. The van der Waals surface area contributed by atoms with Crippen LogP contribution in [0.4, 0.5) is 0 Å². The molecule has 27 heavy (non-hydrogen) atoms. The number of rotatable bonds is 9. The standard InChI is InChI=1S/C19H27N5O3/c1-3-7-20-8-9-21-17(25)13-11-14(12-5-6-12)22-16-15(13)18(26)23-19(27)24(16)10-4-2/h11-12,20H,3-10H2,1-2H3,(H,21,25)(H,23,26,27). The van der Waals surface area contributed by atoms with Crippen molar-refractivity contribution in [3.63, 3.8) is 0 Å². The van der Waals surface area contributed by atoms with Crippen LogP contribution in [0.5, 0.6) is 0 Å². The number of hydrogen-bond acceptors (Lipinski definition) is 5. The quantitative estimate of drug-likeness (QED) is 0.571. The van der Waals surface area contributed by atoms with Crippen LogP contribution in [0.3, 0.4) is 0 Å². The summed E-state index contributed by atoms with van der Waals surface area (Å²) < 4.78 is 1.46. The van der Waals surface area contributed by atoms with Gasteiger partial charge in [-0.2, -0.15) is 0 Å². The number of hydrogen-bond donors (Lipinski definition) is 3. The molecule has 146 valence electrons. The van der Waals surface area contributed by atoms with Crippen molar-refractivity contribution >= 4 is 16.9 Å². The molecule has 0 saturated heterocycles. The van der Waals surface area contributed by atoms with E-state index in [0.29, 0.717) is 36.8 Å². The molecule has 3 rings (SSSR count). The van der Waals surface area contributed by atoms with Crippen LogP contribution in [0.2, 0.25) is 0 Å². The molecule has 1 aliphatic carbocycles. The molecule has 2 aromatic heterocycles. The second kappa shape index (κ2) is 8.47. The maximum absolute atomic E-state index is 12.8. The van der Waals surface area contributed by atoms with Crippen LogP contribution in [0.15, 0.2) is 15.7 Å². The van der Waals surface area contributed by atoms with E-state index >= 15 is 0 Å². The average molecular weight is 373 g/mol. The van der Waals surface area contributed by atoms with Gasteiger partial charge in [-0.3, -0.25) is 19.1 Å². The molecule has 0 atom stereocenters. The number of amides is 1. The summed E-state index contributed by atoms with van der Waals surface area (Å²) >= 11 is 0. The number of H-pyrrole nitrogens is 1. The van der Waals surface area contributed by atoms with Gasteiger partial charge in [0.25, 0.3) is 11.5 Å². The lowest BCUT2D eigenvalue weighted by Crippen LogP contribution is -2.35. The monoisotopic (exact) mass is 373 g/mol. The molecule has 2 aromatic rings. The number of fused-ring (bicyclic) bond motifs is 1. The van der Waals surface area contributed by atoms with Crippen LogP contribution in [-0.2, 0) is 6.54 Å². The Morgan fingerprint density at radius 2 is 2.00 bits per heavy atom. The number of carbonyl (C=O) groups excluding carboxylic acids is 1. The molecular formula is C19H27N5O3. The maximum Gasteiger partial charge on any atom is 0.329 e. The van der Waals surface area contributed by atoms with Crippen LogP contribution < -0.4 is 21.9 Å². The number of pyridine rings is 1. The fourth-order valence-electron chi connectivity index (χ4n) is 3.15. The second-order valence-electron chi connectivity index (χ2n) is 6.98. The van der Waals surface area contributed by atoms with Gasteiger partial charge in [0.05, 0.1) is 10.9 Å². The zero-order valence-corrected chi connectivity index (χ0v) is 15.9. The van der Waals surface area contributed by atoms with E-state index in [4.69, 9.17) is 0 Å². The minimum atomic E-state index is -0.563. The van der Waals surface area contributed by atoms with Gasteiger partial charge in [0.1, 0.15) is 0 Å². The molecule has 8 nitrogen and oxygen atoms in total. The number of carbonyl (C=O) groups is 1. The fraction of sp³-hybridized carbons (Fsp3) is 0.579. The van der Waals surface area contributed by atoms with E-state index in [1.165, 1.54) is 4.57 Å². The predicted octanol–water partition coefficient (Wildman–Crippen LogP) is 1.10. The van der Waals surface area contributed by atoms with E-state index < -0.39 is 11.2 Å². The first-order valence-corrected chi connectivity index (χ1v) is 9.73. The molecule has 0 bridgehead atoms. The van der Waals surface area contributed by atoms with Gasteiger partial charge in [-0.1, -0.05) is 13.8 Å². The van der Waals surface area contributed by atoms with Crippen molar-refractivity contribution < 1.29 is 4.79 Å². The Kier molecular flexibility index (Phi) is 6.05. The van der Waals surface area contributed by atoms with Gasteiger partial charge in [-0.15, -0.1) is 0 Å². The van der Waals surface area contributed by atoms with Crippen molar-refractivity contribution in [2.24, 2.45) is 0 Å². The summed E-state index contributed by atoms with van der Waals surface area (Å²) in [7, 11) is 0. The SMILES string of the molecule is CCCNCCNC(=O)c1cc(C2CC2)nc2c1c(=O)[nH]c(=O)n2CCC. The summed E-state index contributed by atoms with van der Waals surface area (Å²) in [6.07, 6.45) is 3.78. The van der Waals surface area contributed by atoms with Crippen molar-refractivity contribution in [1.29, 1.82) is 0 Å². The van der Waals surface area contributed by atoms with Gasteiger partial charge in [-0.05, 0) is 38.3 Å². The lowest BCUT2D eigenvalue weighted by molar-refractivity contribution is 0.0955. The fourth-order valence-corrected chi connectivity index (χ4v) is 3.15. The zero-order chi connectivity index (χ0) is 19.4. The van der Waals surface area contributed by atoms with E-state index in [2.05, 4.69) is 27.5 Å². The normalized spacial score (nSPS) is 13.9. The maximum atomic E-state index is 12.8. The Hall–Kier alpha value is -2.48. The van der Waals surface area contributed by atoms with Crippen LogP contribution in [0, 0.1) is 0 Å². The highest BCUT2D eigenvalue weighted by molar-refractivity contribution is 6.05. The Morgan fingerprint density at radius 1 is 1.22 bits per heavy atom. The van der Waals surface area contributed by atoms with E-state index in [1.807, 2.05) is 6.92 Å². The average Bonchev–Trinajstić information content (AvgIpc) is 3.49. The highest BCUT2D eigenvalue weighted by atomic mass is 16.2. The molecule has 0 spiro atoms. The summed E-state index contributed by atoms with van der Waals surface area (Å²) in [5.74, 6) is -0.00793. The summed E-state index contributed by atoms with van der Waals surface area (Å²) in [6.45, 7) is 6.49. The third-order valence-electron chi connectivity index (χ3n) is 4.67.